The molecule has 0 aliphatic rings. The SMILES string of the molecule is CCOC(=O)COc1cc(C)nc2c(F)ccc(F)c12. The molecule has 4 nitrogen and oxygen atoms in total. The summed E-state index contributed by atoms with van der Waals surface area (Å²) in [6.07, 6.45) is 0. The molecule has 20 heavy (non-hydrogen) atoms. The van der Waals surface area contributed by atoms with Crippen molar-refractivity contribution in [3.63, 3.8) is 0 Å². The van der Waals surface area contributed by atoms with Crippen molar-refractivity contribution in [1.82, 2.24) is 4.98 Å². The molecule has 0 spiro atoms. The van der Waals surface area contributed by atoms with Gasteiger partial charge in [0.25, 0.3) is 0 Å². The fourth-order valence-electron chi connectivity index (χ4n) is 1.81. The number of carbonyl (C=O) groups is 1. The highest BCUT2D eigenvalue weighted by atomic mass is 19.1. The van der Waals surface area contributed by atoms with Gasteiger partial charge in [-0.15, -0.1) is 0 Å². The van der Waals surface area contributed by atoms with Crippen molar-refractivity contribution in [3.05, 3.63) is 35.5 Å². The number of pyridine rings is 1. The summed E-state index contributed by atoms with van der Waals surface area (Å²) in [5.74, 6) is -1.82. The zero-order valence-corrected chi connectivity index (χ0v) is 11.1. The number of aryl methyl sites for hydroxylation is 1. The number of benzene rings is 1. The van der Waals surface area contributed by atoms with Gasteiger partial charge >= 0.3 is 5.97 Å². The van der Waals surface area contributed by atoms with Gasteiger partial charge in [-0.05, 0) is 26.0 Å². The Morgan fingerprint density at radius 2 is 2.00 bits per heavy atom. The molecule has 106 valence electrons. The van der Waals surface area contributed by atoms with Gasteiger partial charge in [0.05, 0.1) is 12.0 Å². The van der Waals surface area contributed by atoms with Crippen molar-refractivity contribution in [2.24, 2.45) is 0 Å². The Morgan fingerprint density at radius 3 is 2.70 bits per heavy atom. The maximum atomic E-state index is 13.8. The maximum Gasteiger partial charge on any atom is 0.344 e. The van der Waals surface area contributed by atoms with Crippen LogP contribution in [0.5, 0.6) is 5.75 Å². The van der Waals surface area contributed by atoms with Gasteiger partial charge in [-0.25, -0.2) is 18.6 Å². The molecule has 0 saturated heterocycles. The minimum atomic E-state index is -0.659. The summed E-state index contributed by atoms with van der Waals surface area (Å²) in [5, 5.41) is -0.0834. The van der Waals surface area contributed by atoms with Crippen LogP contribution in [0, 0.1) is 18.6 Å². The molecule has 1 aromatic heterocycles. The topological polar surface area (TPSA) is 48.4 Å². The first-order valence-corrected chi connectivity index (χ1v) is 6.06. The fourth-order valence-corrected chi connectivity index (χ4v) is 1.81. The van der Waals surface area contributed by atoms with E-state index in [1.54, 1.807) is 13.8 Å². The maximum absolute atomic E-state index is 13.8. The summed E-state index contributed by atoms with van der Waals surface area (Å²) in [6, 6.07) is 3.44. The van der Waals surface area contributed by atoms with E-state index in [9.17, 15) is 13.6 Å². The second-order valence-corrected chi connectivity index (χ2v) is 4.11. The molecule has 2 aromatic rings. The number of carbonyl (C=O) groups excluding carboxylic acids is 1. The van der Waals surface area contributed by atoms with Gasteiger partial charge in [0.1, 0.15) is 22.9 Å². The summed E-state index contributed by atoms with van der Waals surface area (Å²) < 4.78 is 37.4. The van der Waals surface area contributed by atoms with Crippen molar-refractivity contribution in [3.8, 4) is 5.75 Å². The molecule has 0 fully saturated rings. The average Bonchev–Trinajstić information content (AvgIpc) is 2.40. The molecule has 1 heterocycles. The summed E-state index contributed by atoms with van der Waals surface area (Å²) in [4.78, 5) is 15.2. The molecule has 0 aliphatic carbocycles. The zero-order valence-electron chi connectivity index (χ0n) is 11.1. The van der Waals surface area contributed by atoms with Crippen molar-refractivity contribution < 1.29 is 23.0 Å². The van der Waals surface area contributed by atoms with Crippen molar-refractivity contribution in [2.45, 2.75) is 13.8 Å². The summed E-state index contributed by atoms with van der Waals surface area (Å²) in [6.45, 7) is 3.14. The van der Waals surface area contributed by atoms with Crippen LogP contribution in [0.25, 0.3) is 10.9 Å². The van der Waals surface area contributed by atoms with E-state index in [1.165, 1.54) is 6.07 Å². The third kappa shape index (κ3) is 2.84. The third-order valence-electron chi connectivity index (χ3n) is 2.60. The number of hydrogen-bond donors (Lipinski definition) is 0. The molecular formula is C14H13F2NO3. The molecule has 0 saturated carbocycles. The highest BCUT2D eigenvalue weighted by Crippen LogP contribution is 2.29. The molecule has 6 heteroatoms. The Balaban J connectivity index is 2.42. The molecule has 0 aliphatic heterocycles. The lowest BCUT2D eigenvalue weighted by molar-refractivity contribution is -0.145. The molecule has 0 radical (unpaired) electrons. The van der Waals surface area contributed by atoms with Gasteiger partial charge in [-0.1, -0.05) is 0 Å². The monoisotopic (exact) mass is 281 g/mol. The predicted molar refractivity (Wildman–Crippen MR) is 68.5 cm³/mol. The number of halogens is 2. The lowest BCUT2D eigenvalue weighted by Gasteiger charge is -2.10. The normalized spacial score (nSPS) is 10.6. The van der Waals surface area contributed by atoms with Gasteiger partial charge in [-0.2, -0.15) is 0 Å². The van der Waals surface area contributed by atoms with Crippen LogP contribution >= 0.6 is 0 Å². The number of fused-ring (bicyclic) bond motifs is 1. The Hall–Kier alpha value is -2.24. The number of rotatable bonds is 4. The van der Waals surface area contributed by atoms with E-state index in [0.29, 0.717) is 5.69 Å². The summed E-state index contributed by atoms with van der Waals surface area (Å²) >= 11 is 0. The molecule has 0 bridgehead atoms. The lowest BCUT2D eigenvalue weighted by Crippen LogP contribution is -2.15. The minimum absolute atomic E-state index is 0.0672. The standard InChI is InChI=1S/C14H13F2NO3/c1-3-19-12(18)7-20-11-6-8(2)17-14-10(16)5-4-9(15)13(11)14/h4-6H,3,7H2,1-2H3. The van der Waals surface area contributed by atoms with E-state index >= 15 is 0 Å². The van der Waals surface area contributed by atoms with E-state index in [4.69, 9.17) is 9.47 Å². The van der Waals surface area contributed by atoms with Crippen molar-refractivity contribution >= 4 is 16.9 Å². The molecule has 0 N–H and O–H groups in total. The second-order valence-electron chi connectivity index (χ2n) is 4.11. The average molecular weight is 281 g/mol. The van der Waals surface area contributed by atoms with Crippen LogP contribution in [-0.2, 0) is 9.53 Å². The van der Waals surface area contributed by atoms with E-state index in [0.717, 1.165) is 12.1 Å². The highest BCUT2D eigenvalue weighted by molar-refractivity contribution is 5.86. The Labute approximate surface area is 114 Å². The van der Waals surface area contributed by atoms with Crippen molar-refractivity contribution in [1.29, 1.82) is 0 Å². The van der Waals surface area contributed by atoms with Crippen LogP contribution in [0.4, 0.5) is 8.78 Å². The molecule has 0 amide bonds. The fraction of sp³-hybridized carbons (Fsp3) is 0.286. The number of hydrogen-bond acceptors (Lipinski definition) is 4. The molecule has 1 aromatic carbocycles. The highest BCUT2D eigenvalue weighted by Gasteiger charge is 2.15. The van der Waals surface area contributed by atoms with Crippen LogP contribution in [0.1, 0.15) is 12.6 Å². The van der Waals surface area contributed by atoms with Crippen LogP contribution in [-0.4, -0.2) is 24.2 Å². The molecular weight excluding hydrogens is 268 g/mol. The van der Waals surface area contributed by atoms with Crippen LogP contribution in [0.2, 0.25) is 0 Å². The number of nitrogens with zero attached hydrogens (tertiary/aromatic N) is 1. The van der Waals surface area contributed by atoms with E-state index in [1.807, 2.05) is 0 Å². The van der Waals surface area contributed by atoms with Gasteiger partial charge in [0.2, 0.25) is 0 Å². The van der Waals surface area contributed by atoms with Crippen LogP contribution in [0.15, 0.2) is 18.2 Å². The van der Waals surface area contributed by atoms with Crippen LogP contribution < -0.4 is 4.74 Å². The minimum Gasteiger partial charge on any atom is -0.481 e. The first-order valence-electron chi connectivity index (χ1n) is 6.06. The Bertz CT molecular complexity index is 658. The zero-order chi connectivity index (χ0) is 14.7. The van der Waals surface area contributed by atoms with Crippen molar-refractivity contribution in [2.75, 3.05) is 13.2 Å². The lowest BCUT2D eigenvalue weighted by atomic mass is 10.1. The van der Waals surface area contributed by atoms with E-state index < -0.39 is 17.6 Å². The smallest absolute Gasteiger partial charge is 0.344 e. The van der Waals surface area contributed by atoms with Gasteiger partial charge in [0, 0.05) is 11.8 Å². The first kappa shape index (κ1) is 14.2. The number of ether oxygens (including phenoxy) is 2. The van der Waals surface area contributed by atoms with E-state index in [2.05, 4.69) is 4.98 Å². The molecule has 2 rings (SSSR count). The second kappa shape index (κ2) is 5.81. The van der Waals surface area contributed by atoms with E-state index in [-0.39, 0.29) is 29.9 Å². The van der Waals surface area contributed by atoms with Gasteiger partial charge < -0.3 is 9.47 Å². The van der Waals surface area contributed by atoms with Gasteiger partial charge in [0.15, 0.2) is 6.61 Å². The quantitative estimate of drug-likeness (QED) is 0.808. The number of esters is 1. The predicted octanol–water partition coefficient (Wildman–Crippen LogP) is 2.76. The largest absolute Gasteiger partial charge is 0.481 e. The Kier molecular flexibility index (Phi) is 4.12. The first-order chi connectivity index (χ1) is 9.52. The number of aromatic nitrogens is 1. The molecule has 0 unspecified atom stereocenters. The van der Waals surface area contributed by atoms with Crippen LogP contribution in [0.3, 0.4) is 0 Å². The van der Waals surface area contributed by atoms with Gasteiger partial charge in [-0.3, -0.25) is 0 Å². The molecule has 0 atom stereocenters. The third-order valence-corrected chi connectivity index (χ3v) is 2.60. The summed E-state index contributed by atoms with van der Waals surface area (Å²) in [7, 11) is 0. The summed E-state index contributed by atoms with van der Waals surface area (Å²) in [5.41, 5.74) is 0.338. The Morgan fingerprint density at radius 1 is 1.30 bits per heavy atom.